The van der Waals surface area contributed by atoms with Crippen LogP contribution in [0.5, 0.6) is 0 Å². The van der Waals surface area contributed by atoms with Crippen molar-refractivity contribution in [2.24, 2.45) is 0 Å². The van der Waals surface area contributed by atoms with E-state index in [2.05, 4.69) is 5.32 Å². The van der Waals surface area contributed by atoms with Gasteiger partial charge in [0, 0.05) is 41.1 Å². The normalized spacial score (nSPS) is 24.3. The van der Waals surface area contributed by atoms with E-state index in [0.29, 0.717) is 10.9 Å². The molecule has 1 N–H and O–H groups in total. The average Bonchev–Trinajstić information content (AvgIpc) is 2.37. The highest BCUT2D eigenvalue weighted by molar-refractivity contribution is 7.90. The Morgan fingerprint density at radius 1 is 1.21 bits per heavy atom. The van der Waals surface area contributed by atoms with E-state index >= 15 is 0 Å². The lowest BCUT2D eigenvalue weighted by Gasteiger charge is -2.22. The van der Waals surface area contributed by atoms with E-state index in [1.165, 1.54) is 6.26 Å². The van der Waals surface area contributed by atoms with E-state index in [1.807, 2.05) is 12.1 Å². The standard InChI is InChI=1S/C13H19NO3S2/c1-19(16,17)13-4-2-11(3-5-13)10-14-12-6-8-18(15)9-7-12/h2-5,12,14H,6-10H2,1H3. The molecule has 1 aromatic carbocycles. The fourth-order valence-corrected chi connectivity index (χ4v) is 4.04. The van der Waals surface area contributed by atoms with Gasteiger partial charge in [-0.1, -0.05) is 12.1 Å². The summed E-state index contributed by atoms with van der Waals surface area (Å²) in [6.45, 7) is 0.724. The zero-order valence-corrected chi connectivity index (χ0v) is 12.6. The van der Waals surface area contributed by atoms with Crippen molar-refractivity contribution in [1.29, 1.82) is 0 Å². The van der Waals surface area contributed by atoms with Gasteiger partial charge in [-0.15, -0.1) is 0 Å². The second-order valence-electron chi connectivity index (χ2n) is 4.92. The van der Waals surface area contributed by atoms with Crippen molar-refractivity contribution < 1.29 is 12.6 Å². The summed E-state index contributed by atoms with van der Waals surface area (Å²) in [7, 11) is -3.74. The topological polar surface area (TPSA) is 63.2 Å². The third kappa shape index (κ3) is 4.40. The van der Waals surface area contributed by atoms with Crippen LogP contribution in [-0.2, 0) is 27.2 Å². The van der Waals surface area contributed by atoms with Gasteiger partial charge in [-0.2, -0.15) is 0 Å². The summed E-state index contributed by atoms with van der Waals surface area (Å²) in [5, 5.41) is 3.43. The zero-order valence-electron chi connectivity index (χ0n) is 11.0. The lowest BCUT2D eigenvalue weighted by molar-refractivity contribution is 0.475. The largest absolute Gasteiger partial charge is 0.310 e. The SMILES string of the molecule is CS(=O)(=O)c1ccc(CNC2CCS(=O)CC2)cc1. The van der Waals surface area contributed by atoms with Gasteiger partial charge in [0.2, 0.25) is 0 Å². The van der Waals surface area contributed by atoms with Gasteiger partial charge in [-0.3, -0.25) is 4.21 Å². The molecule has 1 heterocycles. The molecule has 19 heavy (non-hydrogen) atoms. The van der Waals surface area contributed by atoms with Gasteiger partial charge < -0.3 is 5.32 Å². The van der Waals surface area contributed by atoms with Gasteiger partial charge in [0.1, 0.15) is 0 Å². The van der Waals surface area contributed by atoms with Crippen molar-refractivity contribution in [2.45, 2.75) is 30.3 Å². The lowest BCUT2D eigenvalue weighted by Crippen LogP contribution is -2.35. The molecule has 2 rings (SSSR count). The Labute approximate surface area is 117 Å². The van der Waals surface area contributed by atoms with Gasteiger partial charge in [-0.05, 0) is 30.5 Å². The smallest absolute Gasteiger partial charge is 0.175 e. The molecule has 0 saturated carbocycles. The van der Waals surface area contributed by atoms with Crippen molar-refractivity contribution in [2.75, 3.05) is 17.8 Å². The molecule has 0 bridgehead atoms. The van der Waals surface area contributed by atoms with Gasteiger partial charge >= 0.3 is 0 Å². The van der Waals surface area contributed by atoms with Crippen molar-refractivity contribution in [3.8, 4) is 0 Å². The third-order valence-corrected chi connectivity index (χ3v) is 5.84. The maximum atomic E-state index is 11.3. The molecule has 0 aromatic heterocycles. The molecule has 0 aliphatic carbocycles. The fraction of sp³-hybridized carbons (Fsp3) is 0.538. The molecule has 1 saturated heterocycles. The molecular weight excluding hydrogens is 282 g/mol. The minimum atomic E-state index is -3.12. The summed E-state index contributed by atoms with van der Waals surface area (Å²) >= 11 is 0. The van der Waals surface area contributed by atoms with Crippen LogP contribution in [0, 0.1) is 0 Å². The van der Waals surface area contributed by atoms with Gasteiger partial charge in [0.15, 0.2) is 9.84 Å². The Morgan fingerprint density at radius 2 is 1.79 bits per heavy atom. The van der Waals surface area contributed by atoms with Crippen molar-refractivity contribution in [1.82, 2.24) is 5.32 Å². The van der Waals surface area contributed by atoms with Crippen molar-refractivity contribution in [3.63, 3.8) is 0 Å². The van der Waals surface area contributed by atoms with E-state index in [4.69, 9.17) is 0 Å². The number of rotatable bonds is 4. The quantitative estimate of drug-likeness (QED) is 0.904. The average molecular weight is 301 g/mol. The Bertz CT molecular complexity index is 542. The first-order valence-electron chi connectivity index (χ1n) is 6.32. The highest BCUT2D eigenvalue weighted by Crippen LogP contribution is 2.12. The van der Waals surface area contributed by atoms with Crippen LogP contribution in [0.15, 0.2) is 29.2 Å². The Hall–Kier alpha value is -0.720. The van der Waals surface area contributed by atoms with Crippen LogP contribution in [0.1, 0.15) is 18.4 Å². The Kier molecular flexibility index (Phi) is 4.76. The molecule has 106 valence electrons. The third-order valence-electron chi connectivity index (χ3n) is 3.33. The summed E-state index contributed by atoms with van der Waals surface area (Å²) in [5.41, 5.74) is 1.07. The summed E-state index contributed by atoms with van der Waals surface area (Å²) in [5.74, 6) is 1.56. The summed E-state index contributed by atoms with van der Waals surface area (Å²) < 4.78 is 33.9. The minimum absolute atomic E-state index is 0.351. The van der Waals surface area contributed by atoms with Crippen molar-refractivity contribution >= 4 is 20.6 Å². The molecule has 0 radical (unpaired) electrons. The first-order valence-corrected chi connectivity index (χ1v) is 9.70. The van der Waals surface area contributed by atoms with Crippen LogP contribution in [0.25, 0.3) is 0 Å². The monoisotopic (exact) mass is 301 g/mol. The fourth-order valence-electron chi connectivity index (χ4n) is 2.11. The van der Waals surface area contributed by atoms with Crippen LogP contribution in [0.4, 0.5) is 0 Å². The van der Waals surface area contributed by atoms with Gasteiger partial charge in [-0.25, -0.2) is 8.42 Å². The lowest BCUT2D eigenvalue weighted by atomic mass is 10.1. The van der Waals surface area contributed by atoms with E-state index in [9.17, 15) is 12.6 Å². The van der Waals surface area contributed by atoms with E-state index in [1.54, 1.807) is 12.1 Å². The summed E-state index contributed by atoms with van der Waals surface area (Å²) in [6, 6.07) is 7.38. The summed E-state index contributed by atoms with van der Waals surface area (Å²) in [6.07, 6.45) is 3.12. The molecule has 1 aliphatic rings. The predicted octanol–water partition coefficient (Wildman–Crippen LogP) is 1.09. The Balaban J connectivity index is 1.88. The highest BCUT2D eigenvalue weighted by Gasteiger charge is 2.17. The molecule has 0 atom stereocenters. The molecule has 0 unspecified atom stereocenters. The molecule has 1 fully saturated rings. The molecule has 4 nitrogen and oxygen atoms in total. The van der Waals surface area contributed by atoms with Crippen LogP contribution in [0.2, 0.25) is 0 Å². The Morgan fingerprint density at radius 3 is 2.32 bits per heavy atom. The number of sulfone groups is 1. The van der Waals surface area contributed by atoms with Crippen LogP contribution < -0.4 is 5.32 Å². The number of nitrogens with one attached hydrogen (secondary N) is 1. The van der Waals surface area contributed by atoms with E-state index in [0.717, 1.165) is 36.5 Å². The van der Waals surface area contributed by atoms with Gasteiger partial charge in [0.05, 0.1) is 4.90 Å². The second-order valence-corrected chi connectivity index (χ2v) is 8.63. The first kappa shape index (κ1) is 14.7. The number of hydrogen-bond donors (Lipinski definition) is 1. The van der Waals surface area contributed by atoms with Crippen LogP contribution in [-0.4, -0.2) is 36.4 Å². The van der Waals surface area contributed by atoms with Crippen LogP contribution in [0.3, 0.4) is 0 Å². The van der Waals surface area contributed by atoms with E-state index < -0.39 is 20.6 Å². The predicted molar refractivity (Wildman–Crippen MR) is 77.3 cm³/mol. The van der Waals surface area contributed by atoms with Gasteiger partial charge in [0.25, 0.3) is 0 Å². The molecule has 0 amide bonds. The summed E-state index contributed by atoms with van der Waals surface area (Å²) in [4.78, 5) is 0.351. The molecule has 6 heteroatoms. The van der Waals surface area contributed by atoms with Crippen LogP contribution >= 0.6 is 0 Å². The second kappa shape index (κ2) is 6.15. The molecule has 1 aliphatic heterocycles. The number of hydrogen-bond acceptors (Lipinski definition) is 4. The molecule has 1 aromatic rings. The number of benzene rings is 1. The van der Waals surface area contributed by atoms with Crippen molar-refractivity contribution in [3.05, 3.63) is 29.8 Å². The molecule has 0 spiro atoms. The highest BCUT2D eigenvalue weighted by atomic mass is 32.2. The minimum Gasteiger partial charge on any atom is -0.310 e. The first-order chi connectivity index (χ1) is 8.95. The zero-order chi connectivity index (χ0) is 13.9. The maximum absolute atomic E-state index is 11.3. The van der Waals surface area contributed by atoms with E-state index in [-0.39, 0.29) is 0 Å². The molecular formula is C13H19NO3S2. The maximum Gasteiger partial charge on any atom is 0.175 e.